The van der Waals surface area contributed by atoms with Crippen LogP contribution in [0, 0.1) is 0 Å². The quantitative estimate of drug-likeness (QED) is 0.767. The number of methoxy groups -OCH3 is 1. The fraction of sp³-hybridized carbons (Fsp3) is 0.278. The maximum Gasteiger partial charge on any atom is 0.247 e. The zero-order valence-electron chi connectivity index (χ0n) is 15.7. The van der Waals surface area contributed by atoms with Gasteiger partial charge in [-0.15, -0.1) is 0 Å². The van der Waals surface area contributed by atoms with Crippen molar-refractivity contribution in [3.8, 4) is 5.75 Å². The molecule has 2 aromatic carbocycles. The van der Waals surface area contributed by atoms with Crippen molar-refractivity contribution in [3.05, 3.63) is 59.7 Å². The molecule has 1 N–H and O–H groups in total. The molecule has 1 heterocycles. The molecule has 0 fully saturated rings. The number of sulfonamides is 2. The van der Waals surface area contributed by atoms with E-state index in [4.69, 9.17) is 4.74 Å². The van der Waals surface area contributed by atoms with Crippen LogP contribution in [0.1, 0.15) is 23.6 Å². The SMILES string of the molecule is COc1ccccc1[C@@H]1CC(c2ccccc2NS(C)(=O)=O)=NN1S(C)(=O)=O. The summed E-state index contributed by atoms with van der Waals surface area (Å²) >= 11 is 0. The Hall–Kier alpha value is -2.59. The lowest BCUT2D eigenvalue weighted by Crippen LogP contribution is -2.26. The third-order valence-corrected chi connectivity index (χ3v) is 5.85. The van der Waals surface area contributed by atoms with E-state index in [1.54, 1.807) is 48.5 Å². The monoisotopic (exact) mass is 423 g/mol. The minimum absolute atomic E-state index is 0.274. The molecular formula is C18H21N3O5S2. The lowest BCUT2D eigenvalue weighted by atomic mass is 9.97. The molecule has 0 bridgehead atoms. The van der Waals surface area contributed by atoms with E-state index in [1.807, 2.05) is 0 Å². The van der Waals surface area contributed by atoms with Crippen molar-refractivity contribution in [2.75, 3.05) is 24.3 Å². The molecule has 0 aliphatic carbocycles. The number of hydrogen-bond acceptors (Lipinski definition) is 6. The molecule has 8 nitrogen and oxygen atoms in total. The minimum atomic E-state index is -3.66. The van der Waals surface area contributed by atoms with Crippen molar-refractivity contribution in [3.63, 3.8) is 0 Å². The highest BCUT2D eigenvalue weighted by molar-refractivity contribution is 7.92. The highest BCUT2D eigenvalue weighted by atomic mass is 32.2. The Morgan fingerprint density at radius 1 is 1.04 bits per heavy atom. The Morgan fingerprint density at radius 2 is 1.68 bits per heavy atom. The van der Waals surface area contributed by atoms with E-state index in [0.29, 0.717) is 28.3 Å². The summed E-state index contributed by atoms with van der Waals surface area (Å²) < 4.78 is 57.0. The largest absolute Gasteiger partial charge is 0.496 e. The van der Waals surface area contributed by atoms with E-state index in [0.717, 1.165) is 16.9 Å². The molecule has 28 heavy (non-hydrogen) atoms. The van der Waals surface area contributed by atoms with Crippen LogP contribution in [-0.2, 0) is 20.0 Å². The molecule has 1 atom stereocenters. The van der Waals surface area contributed by atoms with Crippen LogP contribution < -0.4 is 9.46 Å². The number of ether oxygens (including phenoxy) is 1. The number of nitrogens with one attached hydrogen (secondary N) is 1. The fourth-order valence-electron chi connectivity index (χ4n) is 3.15. The minimum Gasteiger partial charge on any atom is -0.496 e. The molecule has 0 radical (unpaired) electrons. The third-order valence-electron chi connectivity index (χ3n) is 4.24. The van der Waals surface area contributed by atoms with E-state index >= 15 is 0 Å². The Labute approximate surface area is 164 Å². The van der Waals surface area contributed by atoms with Crippen molar-refractivity contribution in [2.45, 2.75) is 12.5 Å². The summed E-state index contributed by atoms with van der Waals surface area (Å²) in [5, 5.41) is 4.33. The Morgan fingerprint density at radius 3 is 2.32 bits per heavy atom. The van der Waals surface area contributed by atoms with Gasteiger partial charge >= 0.3 is 0 Å². The second kappa shape index (κ2) is 7.44. The van der Waals surface area contributed by atoms with Crippen molar-refractivity contribution in [2.24, 2.45) is 5.10 Å². The molecule has 1 aliphatic rings. The molecule has 0 spiro atoms. The van der Waals surface area contributed by atoms with Gasteiger partial charge in [0.15, 0.2) is 0 Å². The van der Waals surface area contributed by atoms with Gasteiger partial charge in [0.25, 0.3) is 0 Å². The first kappa shape index (κ1) is 20.2. The Kier molecular flexibility index (Phi) is 5.35. The molecule has 0 saturated carbocycles. The normalized spacial score (nSPS) is 17.3. The van der Waals surface area contributed by atoms with Gasteiger partial charge in [0.1, 0.15) is 5.75 Å². The fourth-order valence-corrected chi connectivity index (χ4v) is 4.63. The number of hydrazone groups is 1. The molecule has 0 unspecified atom stereocenters. The molecule has 1 aliphatic heterocycles. The van der Waals surface area contributed by atoms with Crippen molar-refractivity contribution >= 4 is 31.4 Å². The highest BCUT2D eigenvalue weighted by Gasteiger charge is 2.36. The van der Waals surface area contributed by atoms with Gasteiger partial charge in [-0.3, -0.25) is 4.72 Å². The average Bonchev–Trinajstić information content (AvgIpc) is 3.06. The maximum atomic E-state index is 12.4. The van der Waals surface area contributed by atoms with Gasteiger partial charge in [-0.2, -0.15) is 9.52 Å². The van der Waals surface area contributed by atoms with Crippen LogP contribution in [0.3, 0.4) is 0 Å². The predicted molar refractivity (Wildman–Crippen MR) is 108 cm³/mol. The van der Waals surface area contributed by atoms with E-state index in [2.05, 4.69) is 9.82 Å². The summed E-state index contributed by atoms with van der Waals surface area (Å²) in [4.78, 5) is 0. The third kappa shape index (κ3) is 4.28. The number of para-hydroxylation sites is 2. The first-order chi connectivity index (χ1) is 13.1. The van der Waals surface area contributed by atoms with Crippen LogP contribution in [-0.4, -0.2) is 46.6 Å². The Bertz CT molecular complexity index is 1130. The summed E-state index contributed by atoms with van der Waals surface area (Å²) in [5.41, 5.74) is 2.02. The van der Waals surface area contributed by atoms with E-state index < -0.39 is 26.1 Å². The zero-order valence-corrected chi connectivity index (χ0v) is 17.3. The standard InChI is InChI=1S/C18H21N3O5S2/c1-26-18-11-7-5-9-14(18)17-12-16(19-21(17)28(3,24)25)13-8-4-6-10-15(13)20-27(2,22)23/h4-11,17,20H,12H2,1-3H3/t17-/m0/s1. The summed E-state index contributed by atoms with van der Waals surface area (Å²) in [7, 11) is -5.65. The van der Waals surface area contributed by atoms with Crippen molar-refractivity contribution in [1.29, 1.82) is 0 Å². The highest BCUT2D eigenvalue weighted by Crippen LogP contribution is 2.39. The Balaban J connectivity index is 2.08. The second-order valence-electron chi connectivity index (χ2n) is 6.46. The summed E-state index contributed by atoms with van der Waals surface area (Å²) in [6, 6.07) is 13.3. The summed E-state index contributed by atoms with van der Waals surface area (Å²) in [5.74, 6) is 0.556. The number of hydrogen-bond donors (Lipinski definition) is 1. The topological polar surface area (TPSA) is 105 Å². The van der Waals surface area contributed by atoms with E-state index in [9.17, 15) is 16.8 Å². The average molecular weight is 424 g/mol. The molecule has 2 aromatic rings. The van der Waals surface area contributed by atoms with Gasteiger partial charge in [0, 0.05) is 17.5 Å². The molecule has 150 valence electrons. The van der Waals surface area contributed by atoms with Gasteiger partial charge in [0.2, 0.25) is 20.0 Å². The van der Waals surface area contributed by atoms with Gasteiger partial charge < -0.3 is 4.74 Å². The van der Waals surface area contributed by atoms with Gasteiger partial charge in [-0.25, -0.2) is 16.8 Å². The van der Waals surface area contributed by atoms with Crippen LogP contribution in [0.25, 0.3) is 0 Å². The second-order valence-corrected chi connectivity index (χ2v) is 10.1. The first-order valence-corrected chi connectivity index (χ1v) is 12.1. The van der Waals surface area contributed by atoms with E-state index in [-0.39, 0.29) is 6.42 Å². The van der Waals surface area contributed by atoms with E-state index in [1.165, 1.54) is 7.11 Å². The molecule has 0 aromatic heterocycles. The first-order valence-electron chi connectivity index (χ1n) is 8.37. The van der Waals surface area contributed by atoms with Gasteiger partial charge in [-0.1, -0.05) is 36.4 Å². The lowest BCUT2D eigenvalue weighted by Gasteiger charge is -2.23. The number of nitrogens with zero attached hydrogens (tertiary/aromatic N) is 2. The van der Waals surface area contributed by atoms with Crippen LogP contribution in [0.5, 0.6) is 5.75 Å². The number of anilines is 1. The van der Waals surface area contributed by atoms with Crippen LogP contribution in [0.4, 0.5) is 5.69 Å². The molecule has 10 heteroatoms. The summed E-state index contributed by atoms with van der Waals surface area (Å²) in [6.07, 6.45) is 2.42. The van der Waals surface area contributed by atoms with Crippen molar-refractivity contribution in [1.82, 2.24) is 4.41 Å². The summed E-state index contributed by atoms with van der Waals surface area (Å²) in [6.45, 7) is 0. The maximum absolute atomic E-state index is 12.4. The number of benzene rings is 2. The van der Waals surface area contributed by atoms with Crippen LogP contribution in [0.2, 0.25) is 0 Å². The smallest absolute Gasteiger partial charge is 0.247 e. The zero-order chi connectivity index (χ0) is 20.5. The van der Waals surface area contributed by atoms with Crippen LogP contribution in [0.15, 0.2) is 53.6 Å². The number of rotatable bonds is 6. The molecular weight excluding hydrogens is 402 g/mol. The molecule has 3 rings (SSSR count). The van der Waals surface area contributed by atoms with Crippen LogP contribution >= 0.6 is 0 Å². The molecule has 0 amide bonds. The van der Waals surface area contributed by atoms with Crippen molar-refractivity contribution < 1.29 is 21.6 Å². The van der Waals surface area contributed by atoms with Gasteiger partial charge in [0.05, 0.1) is 37.1 Å². The lowest BCUT2D eigenvalue weighted by molar-refractivity contribution is 0.352. The predicted octanol–water partition coefficient (Wildman–Crippen LogP) is 2.18. The van der Waals surface area contributed by atoms with Gasteiger partial charge in [-0.05, 0) is 12.1 Å². The molecule has 0 saturated heterocycles.